The number of anilines is 2. The van der Waals surface area contributed by atoms with Crippen molar-refractivity contribution in [1.82, 2.24) is 59.7 Å². The summed E-state index contributed by atoms with van der Waals surface area (Å²) in [7, 11) is 6.09. The van der Waals surface area contributed by atoms with Gasteiger partial charge in [-0.25, -0.2) is 29.9 Å². The van der Waals surface area contributed by atoms with Crippen LogP contribution in [0.5, 0.6) is 23.5 Å². The topological polar surface area (TPSA) is 312 Å². The van der Waals surface area contributed by atoms with Crippen LogP contribution in [0.4, 0.5) is 11.6 Å². The summed E-state index contributed by atoms with van der Waals surface area (Å²) in [6, 6.07) is 18.0. The minimum absolute atomic E-state index is 0. The van der Waals surface area contributed by atoms with Crippen LogP contribution < -0.4 is 34.9 Å². The number of ketones is 2. The molecule has 0 radical (unpaired) electrons. The van der Waals surface area contributed by atoms with Gasteiger partial charge in [-0.2, -0.15) is 23.7 Å². The van der Waals surface area contributed by atoms with Crippen LogP contribution in [0.1, 0.15) is 60.5 Å². The van der Waals surface area contributed by atoms with Crippen molar-refractivity contribution in [3.8, 4) is 45.8 Å². The maximum Gasteiger partial charge on any atom is 0.325 e. The highest BCUT2D eigenvalue weighted by molar-refractivity contribution is 9.10. The van der Waals surface area contributed by atoms with E-state index in [-0.39, 0.29) is 110 Å². The normalized spacial score (nSPS) is 18.0. The number of rotatable bonds is 16. The number of hydrogen-bond acceptors (Lipinski definition) is 21. The van der Waals surface area contributed by atoms with Crippen molar-refractivity contribution in [1.29, 1.82) is 0 Å². The van der Waals surface area contributed by atoms with Crippen LogP contribution in [0.3, 0.4) is 0 Å². The van der Waals surface area contributed by atoms with Gasteiger partial charge in [0.1, 0.15) is 62.9 Å². The van der Waals surface area contributed by atoms with Crippen LogP contribution in [-0.4, -0.2) is 147 Å². The molecule has 25 nitrogen and oxygen atoms in total. The number of carboxylic acid groups (broad SMARTS) is 1. The van der Waals surface area contributed by atoms with Gasteiger partial charge in [0.15, 0.2) is 11.6 Å². The predicted molar refractivity (Wildman–Crippen MR) is 339 cm³/mol. The number of piperidine rings is 2. The predicted octanol–water partition coefficient (Wildman–Crippen LogP) is 7.36. The summed E-state index contributed by atoms with van der Waals surface area (Å²) < 4.78 is 24.4. The zero-order valence-corrected chi connectivity index (χ0v) is 53.8. The van der Waals surface area contributed by atoms with Gasteiger partial charge in [0.25, 0.3) is 0 Å². The number of halogens is 3. The van der Waals surface area contributed by atoms with Crippen molar-refractivity contribution < 1.29 is 52.8 Å². The maximum absolute atomic E-state index is 13.7. The summed E-state index contributed by atoms with van der Waals surface area (Å²) in [6.45, 7) is 2.42. The van der Waals surface area contributed by atoms with Crippen molar-refractivity contribution in [2.75, 3.05) is 39.1 Å². The van der Waals surface area contributed by atoms with E-state index >= 15 is 0 Å². The van der Waals surface area contributed by atoms with Crippen molar-refractivity contribution in [2.24, 2.45) is 11.8 Å². The van der Waals surface area contributed by atoms with Crippen LogP contribution in [0.15, 0.2) is 94.7 Å². The number of carbonyl (C=O) groups is 6. The lowest BCUT2D eigenvalue weighted by molar-refractivity contribution is -0.138. The number of hydrogen-bond donors (Lipinski definition) is 4. The van der Waals surface area contributed by atoms with Crippen LogP contribution in [0.2, 0.25) is 0 Å². The Morgan fingerprint density at radius 3 is 1.52 bits per heavy atom. The molecule has 2 aromatic carbocycles. The third-order valence-electron chi connectivity index (χ3n) is 14.4. The Morgan fingerprint density at radius 1 is 0.621 bits per heavy atom. The first-order chi connectivity index (χ1) is 40.9. The molecule has 4 fully saturated rings. The molecule has 31 heteroatoms. The molecular formula is C56H57Br2ClN14O11S3. The van der Waals surface area contributed by atoms with E-state index in [1.165, 1.54) is 51.0 Å². The fourth-order valence-corrected chi connectivity index (χ4v) is 11.1. The van der Waals surface area contributed by atoms with Gasteiger partial charge in [-0.15, -0.1) is 12.4 Å². The Morgan fingerprint density at radius 2 is 1.09 bits per heavy atom. The first-order valence-electron chi connectivity index (χ1n) is 26.2. The van der Waals surface area contributed by atoms with Crippen molar-refractivity contribution in [3.63, 3.8) is 0 Å². The standard InChI is InChI=1S/C28H26BrN7O5.C16H14N4O4.C12H14BrN3O2.ClH.S2.H2S/c1-14(37)26-19-6-15(17-11-30-28(41-3)31-12-17)4-5-20(19)35(34-26)13-25(38)36-21-7-16(21)8-22(36)27(39)33-24-10-18(40-2)9-23(29)32-24;1-9(21)15-12-5-10(11-6-17-16(24-2)18-7-11)3-4-13(12)20(19-15)8-14(22)23;1-18-7-4-10(13)15-11(5-7)16-12(17)9-3-6-2-8(6)14-9;;1-2;/h4-6,9-12,16,21-22H,7-8,13H2,1-3H3,(H,32,33,39);3-7H,8H2,1-2H3,(H,22,23);4-6,8-9,14H,2-3H2,1H3,(H,15,16,17);1H;;1H2/t16-,21-,22+;;6-,8-,9+;;;/m1.1.../s1. The van der Waals surface area contributed by atoms with Gasteiger partial charge < -0.3 is 44.9 Å². The third-order valence-corrected chi connectivity index (χ3v) is 15.2. The van der Waals surface area contributed by atoms with Gasteiger partial charge in [0.2, 0.25) is 17.7 Å². The number of nitrogens with one attached hydrogen (secondary N) is 3. The molecule has 87 heavy (non-hydrogen) atoms. The Bertz CT molecular complexity index is 3880. The first-order valence-corrected chi connectivity index (χ1v) is 29.1. The van der Waals surface area contributed by atoms with Crippen molar-refractivity contribution in [3.05, 3.63) is 106 Å². The molecule has 4 aliphatic rings. The summed E-state index contributed by atoms with van der Waals surface area (Å²) in [5, 5.41) is 27.8. The SMILES string of the molecule is COc1cc(Br)nc(NC(=O)[C@@H]2C[C@H]3C[C@H]3N2)c1.COc1cc(Br)nc(NC(=O)[C@@H]2C[C@H]3C[C@H]3N2C(=O)Cn2nc(C(C)=O)c3cc(-c4cnc(OC)nc4)ccc32)c1.COc1ncc(-c2ccc3c(c2)c(C(C)=O)nn3CC(=O)O)cn1.Cl.S.S=S. The molecular weight excluding hydrogens is 1340 g/mol. The van der Waals surface area contributed by atoms with Crippen molar-refractivity contribution in [2.45, 2.75) is 76.8 Å². The lowest BCUT2D eigenvalue weighted by Crippen LogP contribution is -2.46. The molecule has 2 saturated heterocycles. The maximum atomic E-state index is 13.7. The van der Waals surface area contributed by atoms with Gasteiger partial charge in [-0.05, 0) is 105 Å². The van der Waals surface area contributed by atoms with E-state index in [9.17, 15) is 28.8 Å². The second-order valence-electron chi connectivity index (χ2n) is 20.0. The number of aromatic nitrogens is 10. The molecule has 6 atom stereocenters. The number of ether oxygens (including phenoxy) is 4. The molecule has 0 spiro atoms. The Balaban J connectivity index is 0.000000199. The molecule has 3 amide bonds. The molecule has 0 bridgehead atoms. The first kappa shape index (κ1) is 66.8. The highest BCUT2D eigenvalue weighted by Gasteiger charge is 2.56. The fourth-order valence-electron chi connectivity index (χ4n) is 10.3. The number of fused-ring (bicyclic) bond motifs is 4. The second kappa shape index (κ2) is 29.3. The fraction of sp³-hybridized carbons (Fsp3) is 0.321. The van der Waals surface area contributed by atoms with E-state index in [0.717, 1.165) is 35.1 Å². The third kappa shape index (κ3) is 15.7. The number of methoxy groups -OCH3 is 4. The van der Waals surface area contributed by atoms with Gasteiger partial charge in [0.05, 0.1) is 45.5 Å². The van der Waals surface area contributed by atoms with Crippen LogP contribution in [0, 0.1) is 11.8 Å². The average Bonchev–Trinajstić information content (AvgIpc) is 1.70. The smallest absolute Gasteiger partial charge is 0.325 e. The summed E-state index contributed by atoms with van der Waals surface area (Å²) in [4.78, 5) is 101. The number of Topliss-reactive ketones (excluding diaryl/α,β-unsaturated/α-hetero) is 2. The monoisotopic (exact) mass is 1390 g/mol. The molecule has 2 saturated carbocycles. The lowest BCUT2D eigenvalue weighted by Gasteiger charge is -2.27. The largest absolute Gasteiger partial charge is 0.497 e. The number of amides is 3. The van der Waals surface area contributed by atoms with E-state index in [0.29, 0.717) is 72.5 Å². The number of carboxylic acids is 1. The average molecular weight is 1390 g/mol. The van der Waals surface area contributed by atoms with E-state index < -0.39 is 12.0 Å². The lowest BCUT2D eigenvalue weighted by atomic mass is 10.0. The zero-order valence-electron chi connectivity index (χ0n) is 47.2. The van der Waals surface area contributed by atoms with E-state index in [2.05, 4.69) is 110 Å². The number of aliphatic carboxylic acids is 1. The Kier molecular flexibility index (Phi) is 22.5. The number of pyridine rings is 2. The van der Waals surface area contributed by atoms with Crippen LogP contribution in [0.25, 0.3) is 44.1 Å². The molecule has 6 aromatic heterocycles. The van der Waals surface area contributed by atoms with Gasteiger partial charge in [-0.3, -0.25) is 38.1 Å². The number of benzene rings is 2. The second-order valence-corrected chi connectivity index (χ2v) is 21.6. The molecule has 2 aliphatic heterocycles. The van der Waals surface area contributed by atoms with E-state index in [1.807, 2.05) is 18.2 Å². The zero-order chi connectivity index (χ0) is 60.8. The molecule has 4 N–H and O–H groups in total. The molecule has 456 valence electrons. The van der Waals surface area contributed by atoms with E-state index in [4.69, 9.17) is 24.1 Å². The molecule has 12 rings (SSSR count). The highest BCUT2D eigenvalue weighted by atomic mass is 79.9. The quantitative estimate of drug-likeness (QED) is 0.0542. The molecule has 8 heterocycles. The minimum atomic E-state index is -1.03. The molecule has 0 unspecified atom stereocenters. The number of nitrogens with zero attached hydrogens (tertiary/aromatic N) is 11. The highest BCUT2D eigenvalue weighted by Crippen LogP contribution is 2.48. The number of carbonyl (C=O) groups excluding carboxylic acids is 5. The van der Waals surface area contributed by atoms with E-state index in [1.54, 1.807) is 79.3 Å². The Labute approximate surface area is 537 Å². The molecule has 2 aliphatic carbocycles. The van der Waals surface area contributed by atoms with Crippen LogP contribution in [-0.2, 0) is 54.6 Å². The summed E-state index contributed by atoms with van der Waals surface area (Å²) in [6.07, 6.45) is 10.1. The van der Waals surface area contributed by atoms with Crippen LogP contribution >= 0.6 is 57.8 Å². The minimum Gasteiger partial charge on any atom is -0.497 e. The van der Waals surface area contributed by atoms with Gasteiger partial charge in [0, 0.05) is 119 Å². The summed E-state index contributed by atoms with van der Waals surface area (Å²) in [5.74, 6) is 0.993. The summed E-state index contributed by atoms with van der Waals surface area (Å²) >= 11 is 13.9. The van der Waals surface area contributed by atoms with Gasteiger partial charge >= 0.3 is 18.0 Å². The molecule has 8 aromatic rings. The van der Waals surface area contributed by atoms with Crippen molar-refractivity contribution >= 4 is 149 Å². The van der Waals surface area contributed by atoms with Gasteiger partial charge in [-0.1, -0.05) is 12.1 Å². The summed E-state index contributed by atoms with van der Waals surface area (Å²) in [5.41, 5.74) is 4.81. The Hall–Kier alpha value is -7.74. The number of likely N-dealkylation sites (tertiary alicyclic amines) is 1.